The zero-order valence-corrected chi connectivity index (χ0v) is 14.1. The van der Waals surface area contributed by atoms with Gasteiger partial charge in [0.2, 0.25) is 0 Å². The van der Waals surface area contributed by atoms with Crippen molar-refractivity contribution in [2.24, 2.45) is 0 Å². The topological polar surface area (TPSA) is 67.4 Å². The number of aryl methyl sites for hydroxylation is 1. The second-order valence-corrected chi connectivity index (χ2v) is 5.61. The minimum absolute atomic E-state index is 0.369. The maximum atomic E-state index is 12.3. The van der Waals surface area contributed by atoms with Crippen LogP contribution in [0.15, 0.2) is 48.5 Å². The first-order chi connectivity index (χ1) is 11.5. The van der Waals surface area contributed by atoms with E-state index in [0.717, 1.165) is 22.4 Å². The Kier molecular flexibility index (Phi) is 5.95. The van der Waals surface area contributed by atoms with Gasteiger partial charge in [0.25, 0.3) is 0 Å². The molecular formula is C19H22N2O3. The van der Waals surface area contributed by atoms with Gasteiger partial charge in [-0.1, -0.05) is 42.5 Å². The quantitative estimate of drug-likeness (QED) is 0.829. The Labute approximate surface area is 142 Å². The van der Waals surface area contributed by atoms with Crippen LogP contribution in [0.2, 0.25) is 0 Å². The van der Waals surface area contributed by atoms with Crippen LogP contribution < -0.4 is 10.6 Å². The summed E-state index contributed by atoms with van der Waals surface area (Å²) in [6.45, 7) is 3.91. The number of ether oxygens (including phenoxy) is 1. The van der Waals surface area contributed by atoms with E-state index >= 15 is 0 Å². The number of benzene rings is 2. The van der Waals surface area contributed by atoms with Crippen LogP contribution in [0.1, 0.15) is 16.7 Å². The molecule has 0 fully saturated rings. The van der Waals surface area contributed by atoms with Gasteiger partial charge in [0.05, 0.1) is 7.11 Å². The molecule has 2 aromatic rings. The zero-order chi connectivity index (χ0) is 17.5. The molecule has 5 heteroatoms. The minimum atomic E-state index is -0.748. The van der Waals surface area contributed by atoms with Crippen LogP contribution in [0.5, 0.6) is 0 Å². The Morgan fingerprint density at radius 3 is 2.42 bits per heavy atom. The number of carbonyl (C=O) groups is 2. The standard InChI is InChI=1S/C19H22N2O3/c1-13-8-7-11-16(14(13)2)20-19(23)21-17(18(22)24-3)12-15-9-5-4-6-10-15/h4-11,17H,12H2,1-3H3,(H2,20,21,23)/t17-/m1/s1. The van der Waals surface area contributed by atoms with Crippen LogP contribution in [-0.2, 0) is 16.0 Å². The smallest absolute Gasteiger partial charge is 0.328 e. The molecule has 0 aliphatic carbocycles. The third kappa shape index (κ3) is 4.59. The molecule has 5 nitrogen and oxygen atoms in total. The first-order valence-electron chi connectivity index (χ1n) is 7.76. The fourth-order valence-corrected chi connectivity index (χ4v) is 2.39. The summed E-state index contributed by atoms with van der Waals surface area (Å²) in [6, 6.07) is 14.0. The van der Waals surface area contributed by atoms with Crippen LogP contribution in [-0.4, -0.2) is 25.2 Å². The Morgan fingerprint density at radius 1 is 1.04 bits per heavy atom. The molecule has 2 amide bonds. The summed E-state index contributed by atoms with van der Waals surface area (Å²) in [5.41, 5.74) is 3.74. The molecule has 126 valence electrons. The number of amides is 2. The van der Waals surface area contributed by atoms with Crippen molar-refractivity contribution in [2.45, 2.75) is 26.3 Å². The highest BCUT2D eigenvalue weighted by Gasteiger charge is 2.22. The summed E-state index contributed by atoms with van der Waals surface area (Å²) in [5.74, 6) is -0.477. The molecule has 0 radical (unpaired) electrons. The second-order valence-electron chi connectivity index (χ2n) is 5.61. The van der Waals surface area contributed by atoms with Crippen molar-refractivity contribution in [3.63, 3.8) is 0 Å². The van der Waals surface area contributed by atoms with E-state index in [9.17, 15) is 9.59 Å². The molecule has 0 heterocycles. The first kappa shape index (κ1) is 17.5. The minimum Gasteiger partial charge on any atom is -0.467 e. The number of methoxy groups -OCH3 is 1. The van der Waals surface area contributed by atoms with Crippen molar-refractivity contribution >= 4 is 17.7 Å². The summed E-state index contributed by atoms with van der Waals surface area (Å²) < 4.78 is 4.80. The van der Waals surface area contributed by atoms with E-state index in [1.165, 1.54) is 7.11 Å². The van der Waals surface area contributed by atoms with E-state index in [0.29, 0.717) is 6.42 Å². The zero-order valence-electron chi connectivity index (χ0n) is 14.1. The van der Waals surface area contributed by atoms with Crippen molar-refractivity contribution in [3.8, 4) is 0 Å². The van der Waals surface area contributed by atoms with Gasteiger partial charge >= 0.3 is 12.0 Å². The van der Waals surface area contributed by atoms with Gasteiger partial charge in [-0.05, 0) is 36.6 Å². The van der Waals surface area contributed by atoms with E-state index in [1.807, 2.05) is 62.4 Å². The predicted molar refractivity (Wildman–Crippen MR) is 94.0 cm³/mol. The van der Waals surface area contributed by atoms with Crippen LogP contribution in [0.4, 0.5) is 10.5 Å². The molecule has 2 aromatic carbocycles. The van der Waals surface area contributed by atoms with Gasteiger partial charge < -0.3 is 15.4 Å². The Morgan fingerprint density at radius 2 is 1.75 bits per heavy atom. The predicted octanol–water partition coefficient (Wildman–Crippen LogP) is 3.21. The molecule has 0 bridgehead atoms. The third-order valence-corrected chi connectivity index (χ3v) is 3.93. The van der Waals surface area contributed by atoms with Gasteiger partial charge in [-0.25, -0.2) is 9.59 Å². The van der Waals surface area contributed by atoms with Crippen molar-refractivity contribution in [2.75, 3.05) is 12.4 Å². The summed E-state index contributed by atoms with van der Waals surface area (Å²) in [5, 5.41) is 5.48. The van der Waals surface area contributed by atoms with E-state index in [1.54, 1.807) is 0 Å². The van der Waals surface area contributed by atoms with Crippen LogP contribution in [0.3, 0.4) is 0 Å². The molecule has 2 rings (SSSR count). The molecule has 1 atom stereocenters. The Bertz CT molecular complexity index is 714. The van der Waals surface area contributed by atoms with Gasteiger partial charge in [0.15, 0.2) is 0 Å². The largest absolute Gasteiger partial charge is 0.467 e. The van der Waals surface area contributed by atoms with Crippen molar-refractivity contribution in [1.29, 1.82) is 0 Å². The number of urea groups is 1. The Balaban J connectivity index is 2.07. The molecule has 0 saturated carbocycles. The monoisotopic (exact) mass is 326 g/mol. The van der Waals surface area contributed by atoms with E-state index in [4.69, 9.17) is 4.74 Å². The van der Waals surface area contributed by atoms with Crippen molar-refractivity contribution < 1.29 is 14.3 Å². The molecular weight excluding hydrogens is 304 g/mol. The SMILES string of the molecule is COC(=O)[C@@H](Cc1ccccc1)NC(=O)Nc1cccc(C)c1C. The maximum Gasteiger partial charge on any atom is 0.328 e. The lowest BCUT2D eigenvalue weighted by atomic mass is 10.1. The summed E-state index contributed by atoms with van der Waals surface area (Å²) in [4.78, 5) is 24.2. The Hall–Kier alpha value is -2.82. The highest BCUT2D eigenvalue weighted by Crippen LogP contribution is 2.17. The normalized spacial score (nSPS) is 11.5. The summed E-state index contributed by atoms with van der Waals surface area (Å²) >= 11 is 0. The summed E-state index contributed by atoms with van der Waals surface area (Å²) in [6.07, 6.45) is 0.369. The third-order valence-electron chi connectivity index (χ3n) is 3.93. The van der Waals surface area contributed by atoms with Gasteiger partial charge in [0.1, 0.15) is 6.04 Å². The highest BCUT2D eigenvalue weighted by atomic mass is 16.5. The van der Waals surface area contributed by atoms with Gasteiger partial charge in [-0.15, -0.1) is 0 Å². The van der Waals surface area contributed by atoms with E-state index in [2.05, 4.69) is 10.6 Å². The fraction of sp³-hybridized carbons (Fsp3) is 0.263. The number of esters is 1. The number of anilines is 1. The number of hydrogen-bond donors (Lipinski definition) is 2. The molecule has 0 saturated heterocycles. The molecule has 0 aromatic heterocycles. The molecule has 0 unspecified atom stereocenters. The fourth-order valence-electron chi connectivity index (χ4n) is 2.39. The molecule has 0 aliphatic rings. The number of rotatable bonds is 5. The second kappa shape index (κ2) is 8.15. The van der Waals surface area contributed by atoms with E-state index in [-0.39, 0.29) is 0 Å². The van der Waals surface area contributed by atoms with Crippen LogP contribution in [0, 0.1) is 13.8 Å². The molecule has 2 N–H and O–H groups in total. The molecule has 24 heavy (non-hydrogen) atoms. The lowest BCUT2D eigenvalue weighted by Gasteiger charge is -2.18. The number of carbonyl (C=O) groups excluding carboxylic acids is 2. The first-order valence-corrected chi connectivity index (χ1v) is 7.76. The van der Waals surface area contributed by atoms with Gasteiger partial charge in [-0.2, -0.15) is 0 Å². The van der Waals surface area contributed by atoms with Crippen LogP contribution >= 0.6 is 0 Å². The number of hydrogen-bond acceptors (Lipinski definition) is 3. The van der Waals surface area contributed by atoms with Crippen LogP contribution in [0.25, 0.3) is 0 Å². The average Bonchev–Trinajstić information content (AvgIpc) is 2.58. The van der Waals surface area contributed by atoms with Gasteiger partial charge in [-0.3, -0.25) is 0 Å². The van der Waals surface area contributed by atoms with Crippen molar-refractivity contribution in [3.05, 3.63) is 65.2 Å². The number of nitrogens with one attached hydrogen (secondary N) is 2. The lowest BCUT2D eigenvalue weighted by molar-refractivity contribution is -0.142. The van der Waals surface area contributed by atoms with Crippen molar-refractivity contribution in [1.82, 2.24) is 5.32 Å². The van der Waals surface area contributed by atoms with Gasteiger partial charge in [0, 0.05) is 12.1 Å². The van der Waals surface area contributed by atoms with E-state index < -0.39 is 18.0 Å². The average molecular weight is 326 g/mol. The lowest BCUT2D eigenvalue weighted by Crippen LogP contribution is -2.45. The molecule has 0 aliphatic heterocycles. The summed E-state index contributed by atoms with van der Waals surface area (Å²) in [7, 11) is 1.31. The highest BCUT2D eigenvalue weighted by molar-refractivity contribution is 5.93. The maximum absolute atomic E-state index is 12.3. The molecule has 0 spiro atoms.